The first kappa shape index (κ1) is 17.3. The Morgan fingerprint density at radius 3 is 2.48 bits per heavy atom. The molecule has 23 heavy (non-hydrogen) atoms. The highest BCUT2D eigenvalue weighted by Gasteiger charge is 2.26. The van der Waals surface area contributed by atoms with Crippen molar-refractivity contribution in [3.05, 3.63) is 16.1 Å². The van der Waals surface area contributed by atoms with Crippen molar-refractivity contribution < 1.29 is 4.74 Å². The third kappa shape index (κ3) is 4.99. The first-order valence-electron chi connectivity index (χ1n) is 9.09. The van der Waals surface area contributed by atoms with Crippen LogP contribution < -0.4 is 0 Å². The summed E-state index contributed by atoms with van der Waals surface area (Å²) in [6.07, 6.45) is 4.64. The van der Waals surface area contributed by atoms with Gasteiger partial charge in [0, 0.05) is 31.1 Å². The van der Waals surface area contributed by atoms with Crippen LogP contribution in [0.15, 0.2) is 5.51 Å². The van der Waals surface area contributed by atoms with E-state index >= 15 is 0 Å². The molecule has 3 rings (SSSR count). The molecule has 1 aromatic rings. The zero-order chi connectivity index (χ0) is 16.2. The van der Waals surface area contributed by atoms with Gasteiger partial charge in [0.15, 0.2) is 0 Å². The van der Waals surface area contributed by atoms with Gasteiger partial charge in [-0.25, -0.2) is 4.98 Å². The van der Waals surface area contributed by atoms with Crippen molar-refractivity contribution in [3.63, 3.8) is 0 Å². The third-order valence-electron chi connectivity index (χ3n) is 5.22. The Labute approximate surface area is 144 Å². The summed E-state index contributed by atoms with van der Waals surface area (Å²) in [5, 5.41) is 0. The Kier molecular flexibility index (Phi) is 6.07. The lowest BCUT2D eigenvalue weighted by molar-refractivity contribution is -0.0731. The van der Waals surface area contributed by atoms with Crippen LogP contribution in [0.5, 0.6) is 0 Å². The molecule has 0 spiro atoms. The topological polar surface area (TPSA) is 28.6 Å². The number of nitrogens with zero attached hydrogens (tertiary/aromatic N) is 3. The molecule has 0 aliphatic carbocycles. The van der Waals surface area contributed by atoms with Crippen molar-refractivity contribution >= 4 is 11.3 Å². The van der Waals surface area contributed by atoms with Crippen molar-refractivity contribution in [2.45, 2.75) is 52.2 Å². The first-order chi connectivity index (χ1) is 11.1. The van der Waals surface area contributed by atoms with E-state index in [0.717, 1.165) is 19.0 Å². The number of likely N-dealkylation sites (tertiary alicyclic amines) is 1. The van der Waals surface area contributed by atoms with Crippen molar-refractivity contribution in [2.75, 3.05) is 39.3 Å². The lowest BCUT2D eigenvalue weighted by atomic mass is 9.95. The monoisotopic (exact) mass is 337 g/mol. The smallest absolute Gasteiger partial charge is 0.0797 e. The molecule has 130 valence electrons. The maximum Gasteiger partial charge on any atom is 0.0797 e. The Balaban J connectivity index is 1.37. The zero-order valence-corrected chi connectivity index (χ0v) is 15.6. The number of aryl methyl sites for hydroxylation is 1. The van der Waals surface area contributed by atoms with Crippen molar-refractivity contribution in [2.24, 2.45) is 5.92 Å². The molecule has 0 amide bonds. The summed E-state index contributed by atoms with van der Waals surface area (Å²) in [7, 11) is 0. The summed E-state index contributed by atoms with van der Waals surface area (Å²) in [4.78, 5) is 11.1. The van der Waals surface area contributed by atoms with E-state index in [1.165, 1.54) is 56.0 Å². The van der Waals surface area contributed by atoms with Crippen LogP contribution in [0, 0.1) is 12.8 Å². The Morgan fingerprint density at radius 2 is 1.87 bits per heavy atom. The van der Waals surface area contributed by atoms with Crippen LogP contribution in [0.4, 0.5) is 0 Å². The van der Waals surface area contributed by atoms with E-state index in [1.54, 1.807) is 11.3 Å². The number of piperidine rings is 1. The fourth-order valence-corrected chi connectivity index (χ4v) is 4.79. The Bertz CT molecular complexity index is 474. The molecule has 2 atom stereocenters. The average Bonchev–Trinajstić information content (AvgIpc) is 2.91. The summed E-state index contributed by atoms with van der Waals surface area (Å²) in [6.45, 7) is 13.7. The molecule has 3 heterocycles. The number of rotatable bonds is 5. The summed E-state index contributed by atoms with van der Waals surface area (Å²) < 4.78 is 5.85. The molecule has 2 aliphatic rings. The van der Waals surface area contributed by atoms with E-state index in [2.05, 4.69) is 35.6 Å². The number of hydrogen-bond donors (Lipinski definition) is 0. The number of aromatic nitrogens is 1. The Morgan fingerprint density at radius 1 is 1.17 bits per heavy atom. The summed E-state index contributed by atoms with van der Waals surface area (Å²) in [5.74, 6) is 0.869. The number of morpholine rings is 1. The van der Waals surface area contributed by atoms with Gasteiger partial charge >= 0.3 is 0 Å². The molecule has 0 aromatic carbocycles. The van der Waals surface area contributed by atoms with Gasteiger partial charge in [0.05, 0.1) is 23.4 Å². The molecule has 5 heteroatoms. The highest BCUT2D eigenvalue weighted by atomic mass is 32.1. The van der Waals surface area contributed by atoms with Gasteiger partial charge < -0.3 is 9.64 Å². The predicted octanol–water partition coefficient (Wildman–Crippen LogP) is 2.82. The SMILES string of the molecule is Cc1ncsc1CCN1CCC(CN2CC(C)OC(C)C2)CC1. The third-order valence-corrected chi connectivity index (χ3v) is 6.21. The van der Waals surface area contributed by atoms with E-state index in [1.807, 2.05) is 5.51 Å². The molecule has 1 aromatic heterocycles. The number of thiazole rings is 1. The van der Waals surface area contributed by atoms with Crippen LogP contribution in [0.25, 0.3) is 0 Å². The van der Waals surface area contributed by atoms with E-state index in [-0.39, 0.29) is 0 Å². The van der Waals surface area contributed by atoms with Crippen LogP contribution in [0.3, 0.4) is 0 Å². The maximum atomic E-state index is 5.85. The molecule has 2 unspecified atom stereocenters. The molecule has 0 radical (unpaired) electrons. The number of ether oxygens (including phenoxy) is 1. The highest BCUT2D eigenvalue weighted by Crippen LogP contribution is 2.22. The van der Waals surface area contributed by atoms with Crippen LogP contribution in [0.1, 0.15) is 37.3 Å². The molecule has 0 saturated carbocycles. The van der Waals surface area contributed by atoms with Crippen LogP contribution in [-0.4, -0.2) is 66.3 Å². The fourth-order valence-electron chi connectivity index (χ4n) is 4.02. The van der Waals surface area contributed by atoms with Gasteiger partial charge in [0.25, 0.3) is 0 Å². The second-order valence-corrected chi connectivity index (χ2v) is 8.31. The van der Waals surface area contributed by atoms with E-state index < -0.39 is 0 Å². The van der Waals surface area contributed by atoms with Gasteiger partial charge in [0.1, 0.15) is 0 Å². The van der Waals surface area contributed by atoms with Gasteiger partial charge in [-0.2, -0.15) is 0 Å². The molecule has 2 fully saturated rings. The largest absolute Gasteiger partial charge is 0.373 e. The maximum absolute atomic E-state index is 5.85. The van der Waals surface area contributed by atoms with Gasteiger partial charge in [0.2, 0.25) is 0 Å². The lowest BCUT2D eigenvalue weighted by Crippen LogP contribution is -2.48. The quantitative estimate of drug-likeness (QED) is 0.826. The molecule has 0 N–H and O–H groups in total. The first-order valence-corrected chi connectivity index (χ1v) is 9.97. The van der Waals surface area contributed by atoms with E-state index in [4.69, 9.17) is 4.74 Å². The summed E-state index contributed by atoms with van der Waals surface area (Å²) >= 11 is 1.81. The van der Waals surface area contributed by atoms with Gasteiger partial charge in [-0.1, -0.05) is 0 Å². The van der Waals surface area contributed by atoms with Crippen LogP contribution in [-0.2, 0) is 11.2 Å². The summed E-state index contributed by atoms with van der Waals surface area (Å²) in [6, 6.07) is 0. The van der Waals surface area contributed by atoms with Crippen molar-refractivity contribution in [1.29, 1.82) is 0 Å². The minimum absolute atomic E-state index is 0.390. The van der Waals surface area contributed by atoms with Crippen LogP contribution in [0.2, 0.25) is 0 Å². The molecular weight excluding hydrogens is 306 g/mol. The zero-order valence-electron chi connectivity index (χ0n) is 14.8. The van der Waals surface area contributed by atoms with E-state index in [0.29, 0.717) is 12.2 Å². The standard InChI is InChI=1S/C18H31N3OS/c1-14-10-21(11-15(2)22-14)12-17-4-7-20(8-5-17)9-6-18-16(3)19-13-23-18/h13-15,17H,4-12H2,1-3H3. The summed E-state index contributed by atoms with van der Waals surface area (Å²) in [5.41, 5.74) is 3.20. The van der Waals surface area contributed by atoms with E-state index in [9.17, 15) is 0 Å². The minimum atomic E-state index is 0.390. The molecule has 0 bridgehead atoms. The molecule has 2 saturated heterocycles. The van der Waals surface area contributed by atoms with Crippen molar-refractivity contribution in [3.8, 4) is 0 Å². The lowest BCUT2D eigenvalue weighted by Gasteiger charge is -2.39. The predicted molar refractivity (Wildman–Crippen MR) is 96.2 cm³/mol. The Hall–Kier alpha value is -0.490. The van der Waals surface area contributed by atoms with Crippen molar-refractivity contribution in [1.82, 2.24) is 14.8 Å². The molecular formula is C18H31N3OS. The second kappa shape index (κ2) is 8.06. The highest BCUT2D eigenvalue weighted by molar-refractivity contribution is 7.09. The number of hydrogen-bond acceptors (Lipinski definition) is 5. The fraction of sp³-hybridized carbons (Fsp3) is 0.833. The normalized spacial score (nSPS) is 28.3. The van der Waals surface area contributed by atoms with Crippen LogP contribution >= 0.6 is 11.3 Å². The average molecular weight is 338 g/mol. The minimum Gasteiger partial charge on any atom is -0.373 e. The second-order valence-electron chi connectivity index (χ2n) is 7.37. The molecule has 2 aliphatic heterocycles. The molecule has 4 nitrogen and oxygen atoms in total. The van der Waals surface area contributed by atoms with Gasteiger partial charge in [-0.15, -0.1) is 11.3 Å². The van der Waals surface area contributed by atoms with Gasteiger partial charge in [-0.05, 0) is 59.0 Å². The van der Waals surface area contributed by atoms with Gasteiger partial charge in [-0.3, -0.25) is 4.90 Å².